The third-order valence-electron chi connectivity index (χ3n) is 0.581. The molecule has 7 nitrogen and oxygen atoms in total. The highest BCUT2D eigenvalue weighted by molar-refractivity contribution is 14.1. The zero-order valence-corrected chi connectivity index (χ0v) is 7.31. The van der Waals surface area contributed by atoms with Crippen LogP contribution in [0.3, 0.4) is 0 Å². The van der Waals surface area contributed by atoms with E-state index in [0.717, 1.165) is 2.90 Å². The molecule has 0 unspecified atom stereocenters. The van der Waals surface area contributed by atoms with Crippen LogP contribution in [0.2, 0.25) is 0 Å². The molecular formula is CHClIN5O2. The van der Waals surface area contributed by atoms with Crippen LogP contribution in [0.1, 0.15) is 0 Å². The van der Waals surface area contributed by atoms with Crippen molar-refractivity contribution in [2.24, 2.45) is 0 Å². The van der Waals surface area contributed by atoms with Crippen LogP contribution in [0.4, 0.5) is 5.95 Å². The zero-order valence-electron chi connectivity index (χ0n) is 4.34. The summed E-state index contributed by atoms with van der Waals surface area (Å²) in [6, 6.07) is 0. The average Bonchev–Trinajstić information content (AvgIpc) is 2.13. The number of nitro groups is 1. The molecule has 0 spiro atoms. The topological polar surface area (TPSA) is 86.7 Å². The Balaban J connectivity index is 0.000000810. The van der Waals surface area contributed by atoms with E-state index in [0.29, 0.717) is 0 Å². The maximum Gasteiger partial charge on any atom is 0.488 e. The lowest BCUT2D eigenvalue weighted by Gasteiger charge is -1.85. The van der Waals surface area contributed by atoms with Gasteiger partial charge in [0.15, 0.2) is 22.9 Å². The van der Waals surface area contributed by atoms with E-state index in [4.69, 9.17) is 0 Å². The van der Waals surface area contributed by atoms with Gasteiger partial charge in [-0.2, -0.15) is 0 Å². The predicted molar refractivity (Wildman–Crippen MR) is 41.1 cm³/mol. The van der Waals surface area contributed by atoms with E-state index < -0.39 is 4.92 Å². The van der Waals surface area contributed by atoms with E-state index in [9.17, 15) is 10.1 Å². The van der Waals surface area contributed by atoms with Gasteiger partial charge in [-0.3, -0.25) is 0 Å². The highest BCUT2D eigenvalue weighted by Gasteiger charge is 2.14. The molecule has 56 valence electrons. The van der Waals surface area contributed by atoms with Crippen LogP contribution in [0.5, 0.6) is 0 Å². The molecule has 1 rings (SSSR count). The van der Waals surface area contributed by atoms with Gasteiger partial charge in [-0.1, -0.05) is 0 Å². The summed E-state index contributed by atoms with van der Waals surface area (Å²) in [6.45, 7) is 0. The predicted octanol–water partition coefficient (Wildman–Crippen LogP) is 0.201. The molecule has 0 radical (unpaired) electrons. The molecule has 0 saturated carbocycles. The first-order valence-electron chi connectivity index (χ1n) is 1.80. The third-order valence-corrected chi connectivity index (χ3v) is 1.21. The van der Waals surface area contributed by atoms with E-state index in [1.807, 2.05) is 0 Å². The molecule has 0 aliphatic heterocycles. The Bertz CT molecular complexity index is 235. The van der Waals surface area contributed by atoms with Crippen molar-refractivity contribution < 1.29 is 4.92 Å². The molecule has 0 aromatic carbocycles. The maximum absolute atomic E-state index is 9.92. The fourth-order valence-electron chi connectivity index (χ4n) is 0.276. The van der Waals surface area contributed by atoms with E-state index in [1.54, 1.807) is 22.9 Å². The van der Waals surface area contributed by atoms with E-state index in [1.165, 1.54) is 0 Å². The monoisotopic (exact) mass is 277 g/mol. The fraction of sp³-hybridized carbons (Fsp3) is 0. The lowest BCUT2D eigenvalue weighted by atomic mass is 11.1. The van der Waals surface area contributed by atoms with Gasteiger partial charge in [0.25, 0.3) is 0 Å². The van der Waals surface area contributed by atoms with Crippen molar-refractivity contribution in [1.82, 2.24) is 18.4 Å². The van der Waals surface area contributed by atoms with Gasteiger partial charge < -0.3 is 10.1 Å². The van der Waals surface area contributed by atoms with Gasteiger partial charge in [0.1, 0.15) is 0 Å². The largest absolute Gasteiger partial charge is 0.488 e. The molecule has 0 aliphatic rings. The molecule has 0 N–H and O–H groups in total. The smallest absolute Gasteiger partial charge is 0.390 e. The van der Waals surface area contributed by atoms with Gasteiger partial charge in [0.05, 0.1) is 10.3 Å². The first-order valence-corrected chi connectivity index (χ1v) is 2.77. The van der Waals surface area contributed by atoms with Crippen LogP contribution in [-0.2, 0) is 0 Å². The minimum Gasteiger partial charge on any atom is -0.390 e. The molecule has 0 saturated heterocycles. The summed E-state index contributed by atoms with van der Waals surface area (Å²) in [6.07, 6.45) is 0. The molecular weight excluding hydrogens is 276 g/mol. The normalized spacial score (nSPS) is 8.50. The summed E-state index contributed by atoms with van der Waals surface area (Å²) < 4.78 is 0.956. The summed E-state index contributed by atoms with van der Waals surface area (Å²) in [7, 11) is 0. The van der Waals surface area contributed by atoms with Gasteiger partial charge in [-0.15, -0.1) is 12.4 Å². The SMILES string of the molecule is Cl.O=[N+]([O-])c1nnnn1I. The molecule has 9 heteroatoms. The van der Waals surface area contributed by atoms with Crippen molar-refractivity contribution in [2.75, 3.05) is 0 Å². The number of aromatic nitrogens is 4. The standard InChI is InChI=1S/CIN5O2.ClH/c2-6-1(7(8)9)3-4-5-6;/h;1H. The Morgan fingerprint density at radius 2 is 2.30 bits per heavy atom. The van der Waals surface area contributed by atoms with Crippen LogP contribution in [-0.4, -0.2) is 23.3 Å². The summed E-state index contributed by atoms with van der Waals surface area (Å²) in [5.74, 6) is -0.365. The molecule has 0 fully saturated rings. The first kappa shape index (κ1) is 9.49. The van der Waals surface area contributed by atoms with E-state index >= 15 is 0 Å². The number of hydrogen-bond donors (Lipinski definition) is 0. The number of nitrogens with zero attached hydrogens (tertiary/aromatic N) is 5. The van der Waals surface area contributed by atoms with Gasteiger partial charge >= 0.3 is 5.95 Å². The number of halogens is 2. The van der Waals surface area contributed by atoms with Crippen LogP contribution in [0.15, 0.2) is 0 Å². The van der Waals surface area contributed by atoms with Crippen LogP contribution >= 0.6 is 35.3 Å². The number of tetrazole rings is 1. The van der Waals surface area contributed by atoms with Crippen LogP contribution < -0.4 is 0 Å². The minimum absolute atomic E-state index is 0. The quantitative estimate of drug-likeness (QED) is 0.416. The zero-order chi connectivity index (χ0) is 6.85. The highest BCUT2D eigenvalue weighted by atomic mass is 127. The molecule has 0 bridgehead atoms. The second-order valence-corrected chi connectivity index (χ2v) is 2.01. The van der Waals surface area contributed by atoms with Crippen LogP contribution in [0, 0.1) is 10.1 Å². The molecule has 1 heterocycles. The Kier molecular flexibility index (Phi) is 3.42. The Morgan fingerprint density at radius 3 is 2.50 bits per heavy atom. The Hall–Kier alpha value is -0.510. The molecule has 0 amide bonds. The Morgan fingerprint density at radius 1 is 1.70 bits per heavy atom. The lowest BCUT2D eigenvalue weighted by molar-refractivity contribution is -0.394. The van der Waals surface area contributed by atoms with Gasteiger partial charge in [-0.05, 0) is 7.82 Å². The van der Waals surface area contributed by atoms with Crippen molar-refractivity contribution in [2.45, 2.75) is 0 Å². The van der Waals surface area contributed by atoms with E-state index in [2.05, 4.69) is 15.5 Å². The number of rotatable bonds is 1. The summed E-state index contributed by atoms with van der Waals surface area (Å²) in [5.41, 5.74) is 0. The first-order chi connectivity index (χ1) is 4.22. The summed E-state index contributed by atoms with van der Waals surface area (Å²) in [5, 5.41) is 19.3. The molecule has 10 heavy (non-hydrogen) atoms. The fourth-order valence-corrected chi connectivity index (χ4v) is 0.635. The second kappa shape index (κ2) is 3.61. The van der Waals surface area contributed by atoms with Crippen molar-refractivity contribution >= 4 is 41.2 Å². The minimum atomic E-state index is -0.660. The Labute approximate surface area is 74.8 Å². The molecule has 0 aliphatic carbocycles. The van der Waals surface area contributed by atoms with Crippen LogP contribution in [0.25, 0.3) is 0 Å². The molecule has 1 aromatic rings. The number of hydrogen-bond acceptors (Lipinski definition) is 5. The second-order valence-electron chi connectivity index (χ2n) is 1.10. The lowest BCUT2D eigenvalue weighted by Crippen LogP contribution is -1.94. The van der Waals surface area contributed by atoms with Crippen molar-refractivity contribution in [3.05, 3.63) is 10.1 Å². The van der Waals surface area contributed by atoms with Crippen molar-refractivity contribution in [3.8, 4) is 0 Å². The van der Waals surface area contributed by atoms with Crippen molar-refractivity contribution in [3.63, 3.8) is 0 Å². The van der Waals surface area contributed by atoms with Crippen molar-refractivity contribution in [1.29, 1.82) is 0 Å². The van der Waals surface area contributed by atoms with Gasteiger partial charge in [0.2, 0.25) is 0 Å². The van der Waals surface area contributed by atoms with Gasteiger partial charge in [0, 0.05) is 5.21 Å². The summed E-state index contributed by atoms with van der Waals surface area (Å²) in [4.78, 5) is 9.26. The molecule has 1 aromatic heterocycles. The highest BCUT2D eigenvalue weighted by Crippen LogP contribution is 2.04. The third kappa shape index (κ3) is 1.73. The molecule has 0 atom stereocenters. The van der Waals surface area contributed by atoms with Gasteiger partial charge in [-0.25, -0.2) is 0 Å². The van der Waals surface area contributed by atoms with E-state index in [-0.39, 0.29) is 18.4 Å². The average molecular weight is 277 g/mol. The summed E-state index contributed by atoms with van der Waals surface area (Å²) >= 11 is 1.61. The maximum atomic E-state index is 9.92.